The van der Waals surface area contributed by atoms with E-state index in [0.29, 0.717) is 17.9 Å². The van der Waals surface area contributed by atoms with Crippen LogP contribution in [-0.2, 0) is 4.74 Å². The van der Waals surface area contributed by atoms with Crippen LogP contribution in [0.5, 0.6) is 0 Å². The highest BCUT2D eigenvalue weighted by molar-refractivity contribution is 5.92. The van der Waals surface area contributed by atoms with E-state index in [9.17, 15) is 4.79 Å². The predicted molar refractivity (Wildman–Crippen MR) is 86.0 cm³/mol. The summed E-state index contributed by atoms with van der Waals surface area (Å²) in [6.45, 7) is 6.26. The van der Waals surface area contributed by atoms with Crippen molar-refractivity contribution < 1.29 is 9.53 Å². The van der Waals surface area contributed by atoms with E-state index in [-0.39, 0.29) is 5.97 Å². The number of nitrogen functional groups attached to an aromatic ring is 1. The van der Waals surface area contributed by atoms with Crippen molar-refractivity contribution in [3.63, 3.8) is 0 Å². The van der Waals surface area contributed by atoms with Crippen molar-refractivity contribution in [2.45, 2.75) is 20.8 Å². The molecule has 0 aromatic heterocycles. The molecule has 0 unspecified atom stereocenters. The van der Waals surface area contributed by atoms with Crippen molar-refractivity contribution in [1.82, 2.24) is 0 Å². The highest BCUT2D eigenvalue weighted by atomic mass is 16.5. The smallest absolute Gasteiger partial charge is 0.338 e. The first-order chi connectivity index (χ1) is 10.0. The van der Waals surface area contributed by atoms with Crippen LogP contribution in [0.25, 0.3) is 0 Å². The maximum absolute atomic E-state index is 11.7. The van der Waals surface area contributed by atoms with E-state index in [0.717, 1.165) is 11.4 Å². The number of nitrogens with two attached hydrogens (primary N) is 1. The fourth-order valence-electron chi connectivity index (χ4n) is 1.99. The van der Waals surface area contributed by atoms with Crippen molar-refractivity contribution in [2.24, 2.45) is 0 Å². The molecule has 0 aliphatic rings. The van der Waals surface area contributed by atoms with Gasteiger partial charge in [-0.25, -0.2) is 4.79 Å². The molecule has 0 spiro atoms. The molecule has 2 aromatic rings. The Morgan fingerprint density at radius 1 is 1.14 bits per heavy atom. The van der Waals surface area contributed by atoms with Gasteiger partial charge in [-0.15, -0.1) is 0 Å². The lowest BCUT2D eigenvalue weighted by molar-refractivity contribution is 0.0526. The van der Waals surface area contributed by atoms with Gasteiger partial charge in [0.2, 0.25) is 0 Å². The first-order valence-electron chi connectivity index (χ1n) is 6.92. The van der Waals surface area contributed by atoms with Gasteiger partial charge in [-0.05, 0) is 62.2 Å². The third-order valence-electron chi connectivity index (χ3n) is 3.35. The topological polar surface area (TPSA) is 64.3 Å². The fourth-order valence-corrected chi connectivity index (χ4v) is 1.99. The summed E-state index contributed by atoms with van der Waals surface area (Å²) in [5.41, 5.74) is 11.2. The van der Waals surface area contributed by atoms with Crippen LogP contribution < -0.4 is 11.1 Å². The molecule has 2 rings (SSSR count). The fraction of sp³-hybridized carbons (Fsp3) is 0.235. The Bertz CT molecular complexity index is 666. The monoisotopic (exact) mass is 284 g/mol. The highest BCUT2D eigenvalue weighted by Gasteiger charge is 2.09. The van der Waals surface area contributed by atoms with Crippen molar-refractivity contribution in [1.29, 1.82) is 0 Å². The number of anilines is 3. The molecule has 0 saturated heterocycles. The number of ether oxygens (including phenoxy) is 1. The minimum Gasteiger partial charge on any atom is -0.462 e. The number of esters is 1. The van der Waals surface area contributed by atoms with Crippen LogP contribution in [0.3, 0.4) is 0 Å². The lowest BCUT2D eigenvalue weighted by atomic mass is 10.1. The largest absolute Gasteiger partial charge is 0.462 e. The first-order valence-corrected chi connectivity index (χ1v) is 6.92. The summed E-state index contributed by atoms with van der Waals surface area (Å²) in [6.07, 6.45) is 0. The second-order valence-corrected chi connectivity index (χ2v) is 4.95. The Morgan fingerprint density at radius 3 is 2.52 bits per heavy atom. The van der Waals surface area contributed by atoms with E-state index in [2.05, 4.69) is 31.3 Å². The van der Waals surface area contributed by atoms with E-state index in [1.807, 2.05) is 6.07 Å². The molecule has 0 fully saturated rings. The quantitative estimate of drug-likeness (QED) is 0.662. The molecule has 110 valence electrons. The summed E-state index contributed by atoms with van der Waals surface area (Å²) >= 11 is 0. The molecule has 0 radical (unpaired) electrons. The van der Waals surface area contributed by atoms with Crippen LogP contribution in [0.4, 0.5) is 17.1 Å². The van der Waals surface area contributed by atoms with Gasteiger partial charge < -0.3 is 15.8 Å². The van der Waals surface area contributed by atoms with Crippen molar-refractivity contribution >= 4 is 23.0 Å². The second kappa shape index (κ2) is 6.31. The van der Waals surface area contributed by atoms with Gasteiger partial charge in [-0.2, -0.15) is 0 Å². The Labute approximate surface area is 124 Å². The minimum absolute atomic E-state index is 0.349. The van der Waals surface area contributed by atoms with Crippen LogP contribution in [-0.4, -0.2) is 12.6 Å². The molecule has 0 aliphatic heterocycles. The normalized spacial score (nSPS) is 10.2. The number of aryl methyl sites for hydroxylation is 2. The van der Waals surface area contributed by atoms with E-state index in [1.165, 1.54) is 11.1 Å². The van der Waals surface area contributed by atoms with Gasteiger partial charge in [0.05, 0.1) is 23.5 Å². The third kappa shape index (κ3) is 3.54. The zero-order valence-electron chi connectivity index (χ0n) is 12.6. The zero-order valence-corrected chi connectivity index (χ0v) is 12.6. The maximum atomic E-state index is 11.7. The van der Waals surface area contributed by atoms with Crippen LogP contribution in [0.15, 0.2) is 36.4 Å². The highest BCUT2D eigenvalue weighted by Crippen LogP contribution is 2.25. The predicted octanol–water partition coefficient (Wildman–Crippen LogP) is 3.81. The number of benzene rings is 2. The summed E-state index contributed by atoms with van der Waals surface area (Å²) in [4.78, 5) is 11.7. The molecular formula is C17H20N2O2. The molecule has 4 heteroatoms. The van der Waals surface area contributed by atoms with Gasteiger partial charge in [0, 0.05) is 5.69 Å². The Balaban J connectivity index is 2.21. The van der Waals surface area contributed by atoms with Crippen molar-refractivity contribution in [2.75, 3.05) is 17.7 Å². The number of hydrogen-bond donors (Lipinski definition) is 2. The summed E-state index contributed by atoms with van der Waals surface area (Å²) in [7, 11) is 0. The SMILES string of the molecule is CCOC(=O)c1ccc(Nc2ccc(C)c(C)c2)c(N)c1. The molecule has 3 N–H and O–H groups in total. The minimum atomic E-state index is -0.359. The Morgan fingerprint density at radius 2 is 1.90 bits per heavy atom. The van der Waals surface area contributed by atoms with Crippen LogP contribution in [0.2, 0.25) is 0 Å². The van der Waals surface area contributed by atoms with Gasteiger partial charge in [0.15, 0.2) is 0 Å². The third-order valence-corrected chi connectivity index (χ3v) is 3.35. The van der Waals surface area contributed by atoms with Crippen LogP contribution >= 0.6 is 0 Å². The van der Waals surface area contributed by atoms with Crippen LogP contribution in [0, 0.1) is 13.8 Å². The number of nitrogens with one attached hydrogen (secondary N) is 1. The number of rotatable bonds is 4. The molecule has 0 amide bonds. The van der Waals surface area contributed by atoms with Crippen molar-refractivity contribution in [3.05, 3.63) is 53.1 Å². The lowest BCUT2D eigenvalue weighted by Gasteiger charge is -2.12. The molecule has 4 nitrogen and oxygen atoms in total. The standard InChI is InChI=1S/C17H20N2O2/c1-4-21-17(20)13-6-8-16(15(18)10-13)19-14-7-5-11(2)12(3)9-14/h5-10,19H,4,18H2,1-3H3. The molecule has 0 atom stereocenters. The second-order valence-electron chi connectivity index (χ2n) is 4.95. The summed E-state index contributed by atoms with van der Waals surface area (Å²) in [5, 5.41) is 3.26. The summed E-state index contributed by atoms with van der Waals surface area (Å²) in [5.74, 6) is -0.359. The molecular weight excluding hydrogens is 264 g/mol. The van der Waals surface area contributed by atoms with E-state index < -0.39 is 0 Å². The van der Waals surface area contributed by atoms with E-state index in [4.69, 9.17) is 10.5 Å². The van der Waals surface area contributed by atoms with Crippen molar-refractivity contribution in [3.8, 4) is 0 Å². The van der Waals surface area contributed by atoms with Gasteiger partial charge in [0.25, 0.3) is 0 Å². The molecule has 0 heterocycles. The molecule has 0 saturated carbocycles. The van der Waals surface area contributed by atoms with Gasteiger partial charge in [-0.3, -0.25) is 0 Å². The summed E-state index contributed by atoms with van der Waals surface area (Å²) in [6, 6.07) is 11.2. The average Bonchev–Trinajstić information content (AvgIpc) is 2.45. The van der Waals surface area contributed by atoms with Crippen LogP contribution in [0.1, 0.15) is 28.4 Å². The average molecular weight is 284 g/mol. The van der Waals surface area contributed by atoms with E-state index >= 15 is 0 Å². The first kappa shape index (κ1) is 14.9. The zero-order chi connectivity index (χ0) is 15.4. The lowest BCUT2D eigenvalue weighted by Crippen LogP contribution is -2.06. The Hall–Kier alpha value is -2.49. The molecule has 2 aromatic carbocycles. The number of carbonyl (C=O) groups is 1. The van der Waals surface area contributed by atoms with Gasteiger partial charge in [0.1, 0.15) is 0 Å². The molecule has 21 heavy (non-hydrogen) atoms. The molecule has 0 bridgehead atoms. The molecule has 0 aliphatic carbocycles. The summed E-state index contributed by atoms with van der Waals surface area (Å²) < 4.78 is 4.96. The Kier molecular flexibility index (Phi) is 4.48. The van der Waals surface area contributed by atoms with Gasteiger partial charge in [-0.1, -0.05) is 6.07 Å². The number of carbonyl (C=O) groups excluding carboxylic acids is 1. The maximum Gasteiger partial charge on any atom is 0.338 e. The van der Waals surface area contributed by atoms with E-state index in [1.54, 1.807) is 25.1 Å². The van der Waals surface area contributed by atoms with Gasteiger partial charge >= 0.3 is 5.97 Å². The number of hydrogen-bond acceptors (Lipinski definition) is 4.